The predicted octanol–water partition coefficient (Wildman–Crippen LogP) is 0.0739. The van der Waals surface area contributed by atoms with Crippen LogP contribution in [0, 0.1) is 0 Å². The molecule has 1 rings (SSSR count). The van der Waals surface area contributed by atoms with E-state index in [1.807, 2.05) is 0 Å². The second-order valence-corrected chi connectivity index (χ2v) is 2.93. The molecule has 0 radical (unpaired) electrons. The highest BCUT2D eigenvalue weighted by atomic mass is 19.4. The van der Waals surface area contributed by atoms with Crippen molar-refractivity contribution in [2.24, 2.45) is 0 Å². The number of hydrogen-bond acceptors (Lipinski definition) is 3. The van der Waals surface area contributed by atoms with Gasteiger partial charge in [-0.2, -0.15) is 13.2 Å². The van der Waals surface area contributed by atoms with Crippen molar-refractivity contribution in [3.63, 3.8) is 0 Å². The predicted molar refractivity (Wildman–Crippen MR) is 34.8 cm³/mol. The summed E-state index contributed by atoms with van der Waals surface area (Å²) in [5.74, 6) is -1.39. The van der Waals surface area contributed by atoms with E-state index in [-0.39, 0.29) is 6.42 Å². The van der Waals surface area contributed by atoms with Crippen molar-refractivity contribution in [3.05, 3.63) is 0 Å². The highest BCUT2D eigenvalue weighted by Gasteiger charge is 2.58. The molecule has 0 aromatic heterocycles. The van der Waals surface area contributed by atoms with E-state index < -0.39 is 30.3 Å². The lowest BCUT2D eigenvalue weighted by Crippen LogP contribution is -2.55. The molecule has 1 saturated heterocycles. The molecule has 2 unspecified atom stereocenters. The van der Waals surface area contributed by atoms with Crippen molar-refractivity contribution in [3.8, 4) is 0 Å². The summed E-state index contributed by atoms with van der Waals surface area (Å²) in [5, 5.41) is 19.0. The highest BCUT2D eigenvalue weighted by Crippen LogP contribution is 2.36. The van der Waals surface area contributed by atoms with Gasteiger partial charge in [-0.3, -0.25) is 10.1 Å². The fourth-order valence-corrected chi connectivity index (χ4v) is 1.19. The third-order valence-corrected chi connectivity index (χ3v) is 1.97. The molecule has 1 aliphatic heterocycles. The Kier molecular flexibility index (Phi) is 2.25. The van der Waals surface area contributed by atoms with Crippen molar-refractivity contribution in [2.75, 3.05) is 0 Å². The number of carbonyl (C=O) groups is 1. The van der Waals surface area contributed by atoms with Crippen LogP contribution in [0.4, 0.5) is 13.2 Å². The summed E-state index contributed by atoms with van der Waals surface area (Å²) < 4.78 is 36.2. The molecule has 0 aromatic rings. The number of nitrogens with one attached hydrogen (secondary N) is 1. The molecule has 3 N–H and O–H groups in total. The fraction of sp³-hybridized carbons (Fsp3) is 0.833. The minimum atomic E-state index is -4.84. The first-order valence-corrected chi connectivity index (χ1v) is 3.56. The molecule has 0 saturated carbocycles. The van der Waals surface area contributed by atoms with Gasteiger partial charge in [0.15, 0.2) is 0 Å². The zero-order chi connectivity index (χ0) is 10.3. The molecule has 1 heterocycles. The Hall–Kier alpha value is -0.820. The summed E-state index contributed by atoms with van der Waals surface area (Å²) in [6.07, 6.45) is -5.70. The van der Waals surface area contributed by atoms with E-state index in [1.165, 1.54) is 0 Å². The number of aliphatic hydroxyl groups is 1. The van der Waals surface area contributed by atoms with Gasteiger partial charge in [0.25, 0.3) is 0 Å². The minimum absolute atomic E-state index is 0.231. The van der Waals surface area contributed by atoms with Crippen LogP contribution in [0.1, 0.15) is 12.8 Å². The summed E-state index contributed by atoms with van der Waals surface area (Å²) in [6, 6.07) is -1.33. The molecule has 0 spiro atoms. The summed E-state index contributed by atoms with van der Waals surface area (Å²) in [4.78, 5) is 10.3. The van der Waals surface area contributed by atoms with E-state index in [2.05, 4.69) is 0 Å². The second-order valence-electron chi connectivity index (χ2n) is 2.93. The van der Waals surface area contributed by atoms with E-state index in [9.17, 15) is 18.0 Å². The summed E-state index contributed by atoms with van der Waals surface area (Å²) in [6.45, 7) is 0. The zero-order valence-corrected chi connectivity index (χ0v) is 6.43. The Morgan fingerprint density at radius 2 is 2.08 bits per heavy atom. The van der Waals surface area contributed by atoms with Crippen molar-refractivity contribution in [2.45, 2.75) is 30.8 Å². The third kappa shape index (κ3) is 1.75. The van der Waals surface area contributed by atoms with Crippen LogP contribution in [0.2, 0.25) is 0 Å². The summed E-state index contributed by atoms with van der Waals surface area (Å²) in [5.41, 5.74) is -3.05. The molecule has 0 aromatic carbocycles. The highest BCUT2D eigenvalue weighted by molar-refractivity contribution is 5.74. The first-order chi connectivity index (χ1) is 5.76. The Morgan fingerprint density at radius 3 is 2.31 bits per heavy atom. The van der Waals surface area contributed by atoms with Gasteiger partial charge in [-0.15, -0.1) is 0 Å². The molecular formula is C6H8F3NO3. The average Bonchev–Trinajstić information content (AvgIpc) is 2.31. The Balaban J connectivity index is 2.72. The van der Waals surface area contributed by atoms with E-state index in [1.54, 1.807) is 5.32 Å². The average molecular weight is 199 g/mol. The Morgan fingerprint density at radius 1 is 1.54 bits per heavy atom. The van der Waals surface area contributed by atoms with E-state index in [0.29, 0.717) is 0 Å². The minimum Gasteiger partial charge on any atom is -0.480 e. The van der Waals surface area contributed by atoms with Gasteiger partial charge in [0.1, 0.15) is 6.04 Å². The third-order valence-electron chi connectivity index (χ3n) is 1.97. The molecule has 1 fully saturated rings. The number of carboxylic acid groups (broad SMARTS) is 1. The number of rotatable bonds is 1. The second kappa shape index (κ2) is 2.85. The topological polar surface area (TPSA) is 69.6 Å². The lowest BCUT2D eigenvalue weighted by atomic mass is 10.1. The molecule has 0 amide bonds. The molecular weight excluding hydrogens is 191 g/mol. The number of carboxylic acids is 1. The van der Waals surface area contributed by atoms with Crippen LogP contribution >= 0.6 is 0 Å². The van der Waals surface area contributed by atoms with Gasteiger partial charge in [-0.25, -0.2) is 0 Å². The maximum Gasteiger partial charge on any atom is 0.430 e. The van der Waals surface area contributed by atoms with Crippen LogP contribution in [0.25, 0.3) is 0 Å². The van der Waals surface area contributed by atoms with Gasteiger partial charge in [0, 0.05) is 6.42 Å². The number of aliphatic carboxylic acids is 1. The number of alkyl halides is 3. The molecule has 0 aliphatic carbocycles. The van der Waals surface area contributed by atoms with Crippen molar-refractivity contribution >= 4 is 5.97 Å². The van der Waals surface area contributed by atoms with Crippen molar-refractivity contribution < 1.29 is 28.2 Å². The molecule has 1 aliphatic rings. The fourth-order valence-electron chi connectivity index (χ4n) is 1.19. The standard InChI is InChI=1S/C6H8F3NO3/c7-6(8,9)5(13)2-1-3(10-5)4(11)12/h3,10,13H,1-2H2,(H,11,12). The van der Waals surface area contributed by atoms with Crippen LogP contribution in [-0.4, -0.2) is 34.1 Å². The van der Waals surface area contributed by atoms with E-state index >= 15 is 0 Å². The van der Waals surface area contributed by atoms with Gasteiger partial charge >= 0.3 is 12.1 Å². The smallest absolute Gasteiger partial charge is 0.430 e. The van der Waals surface area contributed by atoms with E-state index in [4.69, 9.17) is 10.2 Å². The van der Waals surface area contributed by atoms with Gasteiger partial charge in [-0.1, -0.05) is 0 Å². The van der Waals surface area contributed by atoms with Crippen LogP contribution < -0.4 is 5.32 Å². The number of halogens is 3. The van der Waals surface area contributed by atoms with Crippen molar-refractivity contribution in [1.82, 2.24) is 5.32 Å². The quantitative estimate of drug-likeness (QED) is 0.559. The first kappa shape index (κ1) is 10.3. The molecule has 0 bridgehead atoms. The summed E-state index contributed by atoms with van der Waals surface area (Å²) in [7, 11) is 0. The largest absolute Gasteiger partial charge is 0.480 e. The van der Waals surface area contributed by atoms with Crippen LogP contribution in [0.15, 0.2) is 0 Å². The monoisotopic (exact) mass is 199 g/mol. The van der Waals surface area contributed by atoms with Gasteiger partial charge in [0.05, 0.1) is 0 Å². The molecule has 2 atom stereocenters. The van der Waals surface area contributed by atoms with E-state index in [0.717, 1.165) is 0 Å². The normalized spacial score (nSPS) is 34.9. The maximum atomic E-state index is 12.1. The first-order valence-electron chi connectivity index (χ1n) is 3.56. The zero-order valence-electron chi connectivity index (χ0n) is 6.43. The van der Waals surface area contributed by atoms with Gasteiger partial charge < -0.3 is 10.2 Å². The van der Waals surface area contributed by atoms with Crippen LogP contribution in [-0.2, 0) is 4.79 Å². The van der Waals surface area contributed by atoms with Crippen LogP contribution in [0.5, 0.6) is 0 Å². The Bertz CT molecular complexity index is 230. The lowest BCUT2D eigenvalue weighted by Gasteiger charge is -2.26. The van der Waals surface area contributed by atoms with Gasteiger partial charge in [-0.05, 0) is 6.42 Å². The number of hydrogen-bond donors (Lipinski definition) is 3. The SMILES string of the molecule is O=C(O)C1CCC(O)(C(F)(F)F)N1. The van der Waals surface area contributed by atoms with Crippen LogP contribution in [0.3, 0.4) is 0 Å². The lowest BCUT2D eigenvalue weighted by molar-refractivity contribution is -0.267. The maximum absolute atomic E-state index is 12.1. The van der Waals surface area contributed by atoms with Crippen molar-refractivity contribution in [1.29, 1.82) is 0 Å². The molecule has 4 nitrogen and oxygen atoms in total. The Labute approximate surface area is 71.4 Å². The van der Waals surface area contributed by atoms with Gasteiger partial charge in [0.2, 0.25) is 5.72 Å². The molecule has 7 heteroatoms. The molecule has 76 valence electrons. The summed E-state index contributed by atoms with van der Waals surface area (Å²) >= 11 is 0. The molecule has 13 heavy (non-hydrogen) atoms.